The average molecular weight is 707 g/mol. The van der Waals surface area contributed by atoms with Gasteiger partial charge in [-0.1, -0.05) is 62.1 Å². The number of amides is 2. The summed E-state index contributed by atoms with van der Waals surface area (Å²) in [6.45, 7) is 2.25. The fourth-order valence-corrected chi connectivity index (χ4v) is 5.19. The zero-order chi connectivity index (χ0) is 37.3. The number of carboxylic acids is 1. The van der Waals surface area contributed by atoms with Crippen molar-refractivity contribution in [3.8, 4) is 11.5 Å². The Labute approximate surface area is 302 Å². The van der Waals surface area contributed by atoms with Gasteiger partial charge < -0.3 is 24.8 Å². The van der Waals surface area contributed by atoms with Gasteiger partial charge in [0.25, 0.3) is 5.91 Å². The number of carbonyl (C=O) groups excluding carboxylic acids is 3. The summed E-state index contributed by atoms with van der Waals surface area (Å²) in [5.74, 6) is -1.55. The Balaban J connectivity index is 1.29. The van der Waals surface area contributed by atoms with Crippen LogP contribution in [-0.2, 0) is 22.6 Å². The molecule has 0 radical (unpaired) electrons. The molecule has 0 aliphatic rings. The monoisotopic (exact) mass is 706 g/mol. The molecule has 0 bridgehead atoms. The van der Waals surface area contributed by atoms with Crippen LogP contribution < -0.4 is 19.8 Å². The van der Waals surface area contributed by atoms with Crippen LogP contribution >= 0.6 is 0 Å². The molecule has 4 N–H and O–H groups in total. The SMILES string of the molecule is CCCCCCCOc1ccc(C(=O)Oc2ccc(CN(CC(=O)O)C(=O)c3ccc(NC(=O)Cc4ccc(N(C=N)N=N)cc4)cc3)cc2)cc1. The Kier molecular flexibility index (Phi) is 14.6. The highest BCUT2D eigenvalue weighted by Gasteiger charge is 2.20. The molecule has 0 atom stereocenters. The minimum Gasteiger partial charge on any atom is -0.494 e. The number of nitrogens with zero attached hydrogens (tertiary/aromatic N) is 3. The number of carbonyl (C=O) groups is 4. The zero-order valence-corrected chi connectivity index (χ0v) is 28.9. The van der Waals surface area contributed by atoms with E-state index in [0.29, 0.717) is 46.2 Å². The van der Waals surface area contributed by atoms with Gasteiger partial charge in [-0.2, -0.15) is 5.53 Å². The van der Waals surface area contributed by atoms with Crippen molar-refractivity contribution in [1.82, 2.24) is 4.90 Å². The maximum Gasteiger partial charge on any atom is 0.343 e. The van der Waals surface area contributed by atoms with Gasteiger partial charge in [0.15, 0.2) is 0 Å². The van der Waals surface area contributed by atoms with Crippen LogP contribution in [0.15, 0.2) is 102 Å². The number of ether oxygens (including phenoxy) is 2. The summed E-state index contributed by atoms with van der Waals surface area (Å²) in [4.78, 5) is 51.5. The predicted molar refractivity (Wildman–Crippen MR) is 196 cm³/mol. The van der Waals surface area contributed by atoms with Gasteiger partial charge in [0.05, 0.1) is 24.3 Å². The average Bonchev–Trinajstić information content (AvgIpc) is 3.15. The molecule has 0 fully saturated rings. The molecule has 4 aromatic carbocycles. The van der Waals surface area contributed by atoms with Crippen molar-refractivity contribution < 1.29 is 33.8 Å². The van der Waals surface area contributed by atoms with E-state index >= 15 is 0 Å². The van der Waals surface area contributed by atoms with Crippen molar-refractivity contribution in [3.63, 3.8) is 0 Å². The summed E-state index contributed by atoms with van der Waals surface area (Å²) in [5.41, 5.74) is 9.98. The molecule has 4 aromatic rings. The van der Waals surface area contributed by atoms with Crippen molar-refractivity contribution in [2.75, 3.05) is 23.5 Å². The Hall–Kier alpha value is -6.37. The number of anilines is 2. The number of hydrogen-bond acceptors (Lipinski definition) is 9. The molecule has 0 aliphatic carbocycles. The first-order chi connectivity index (χ1) is 25.2. The Morgan fingerprint density at radius 2 is 1.40 bits per heavy atom. The van der Waals surface area contributed by atoms with Gasteiger partial charge in [0, 0.05) is 17.8 Å². The van der Waals surface area contributed by atoms with Crippen LogP contribution in [0, 0.1) is 10.9 Å². The van der Waals surface area contributed by atoms with Gasteiger partial charge in [0.1, 0.15) is 24.4 Å². The molecule has 0 saturated heterocycles. The fourth-order valence-electron chi connectivity index (χ4n) is 5.19. The number of nitrogens with one attached hydrogen (secondary N) is 3. The second-order valence-corrected chi connectivity index (χ2v) is 11.9. The van der Waals surface area contributed by atoms with Crippen molar-refractivity contribution in [3.05, 3.63) is 119 Å². The van der Waals surface area contributed by atoms with E-state index in [1.165, 1.54) is 36.3 Å². The molecule has 0 aromatic heterocycles. The molecular formula is C39H42N6O7. The zero-order valence-electron chi connectivity index (χ0n) is 28.9. The number of unbranched alkanes of at least 4 members (excludes halogenated alkanes) is 4. The van der Waals surface area contributed by atoms with E-state index in [1.54, 1.807) is 84.9 Å². The highest BCUT2D eigenvalue weighted by atomic mass is 16.5. The number of hydrogen-bond donors (Lipinski definition) is 4. The molecule has 13 heteroatoms. The van der Waals surface area contributed by atoms with Crippen molar-refractivity contribution in [2.24, 2.45) is 5.22 Å². The molecule has 0 heterocycles. The molecule has 0 spiro atoms. The fraction of sp³-hybridized carbons (Fsp3) is 0.256. The molecule has 2 amide bonds. The molecule has 0 aliphatic heterocycles. The Bertz CT molecular complexity index is 1800. The van der Waals surface area contributed by atoms with Crippen LogP contribution in [0.5, 0.6) is 11.5 Å². The molecule has 270 valence electrons. The van der Waals surface area contributed by atoms with Gasteiger partial charge in [0.2, 0.25) is 5.91 Å². The lowest BCUT2D eigenvalue weighted by Crippen LogP contribution is -2.35. The predicted octanol–water partition coefficient (Wildman–Crippen LogP) is 7.52. The van der Waals surface area contributed by atoms with E-state index in [0.717, 1.165) is 24.2 Å². The number of benzene rings is 4. The van der Waals surface area contributed by atoms with Crippen LogP contribution in [0.2, 0.25) is 0 Å². The van der Waals surface area contributed by atoms with Crippen LogP contribution in [0.4, 0.5) is 11.4 Å². The maximum absolute atomic E-state index is 13.3. The minimum atomic E-state index is -1.18. The van der Waals surface area contributed by atoms with Crippen molar-refractivity contribution in [1.29, 1.82) is 10.9 Å². The molecule has 13 nitrogen and oxygen atoms in total. The van der Waals surface area contributed by atoms with Crippen molar-refractivity contribution in [2.45, 2.75) is 52.0 Å². The van der Waals surface area contributed by atoms with E-state index in [4.69, 9.17) is 20.4 Å². The minimum absolute atomic E-state index is 0.00975. The van der Waals surface area contributed by atoms with Gasteiger partial charge in [-0.05, 0) is 90.3 Å². The van der Waals surface area contributed by atoms with Crippen LogP contribution in [0.3, 0.4) is 0 Å². The summed E-state index contributed by atoms with van der Waals surface area (Å²) in [5, 5.41) is 23.8. The van der Waals surface area contributed by atoms with Gasteiger partial charge in [-0.15, -0.1) is 0 Å². The van der Waals surface area contributed by atoms with Crippen molar-refractivity contribution >= 4 is 41.5 Å². The normalized spacial score (nSPS) is 10.5. The summed E-state index contributed by atoms with van der Waals surface area (Å²) in [6.07, 6.45) is 6.69. The molecular weight excluding hydrogens is 664 g/mol. The standard InChI is InChI=1S/C39H42N6O7/c1-2-3-4-5-6-23-51-34-21-13-31(14-22-34)39(50)52-35-19-9-29(10-20-35)25-44(26-37(47)48)38(49)30-11-15-32(16-12-30)42-36(46)24-28-7-17-33(18-8-28)45(27-40)43-41/h7-22,27,40-41H,2-6,23-26H2,1H3,(H,42,46)(H,47,48). The first-order valence-electron chi connectivity index (χ1n) is 16.9. The highest BCUT2D eigenvalue weighted by molar-refractivity contribution is 5.97. The van der Waals surface area contributed by atoms with Crippen LogP contribution in [0.25, 0.3) is 0 Å². The van der Waals surface area contributed by atoms with Gasteiger partial charge in [-0.3, -0.25) is 19.8 Å². The molecule has 4 rings (SSSR count). The van der Waals surface area contributed by atoms with E-state index in [-0.39, 0.29) is 24.4 Å². The lowest BCUT2D eigenvalue weighted by Gasteiger charge is -2.21. The van der Waals surface area contributed by atoms with Gasteiger partial charge in [-0.25, -0.2) is 9.80 Å². The number of carboxylic acid groups (broad SMARTS) is 1. The third kappa shape index (κ3) is 11.9. The van der Waals surface area contributed by atoms with Crippen LogP contribution in [-0.4, -0.2) is 53.2 Å². The second-order valence-electron chi connectivity index (χ2n) is 11.9. The highest BCUT2D eigenvalue weighted by Crippen LogP contribution is 2.20. The third-order valence-corrected chi connectivity index (χ3v) is 7.94. The first kappa shape index (κ1) is 38.4. The Morgan fingerprint density at radius 1 is 0.788 bits per heavy atom. The largest absolute Gasteiger partial charge is 0.494 e. The summed E-state index contributed by atoms with van der Waals surface area (Å²) in [6, 6.07) is 26.1. The summed E-state index contributed by atoms with van der Waals surface area (Å²) < 4.78 is 11.3. The number of aliphatic carboxylic acids is 1. The van der Waals surface area contributed by atoms with E-state index < -0.39 is 24.4 Å². The second kappa shape index (κ2) is 19.7. The van der Waals surface area contributed by atoms with E-state index in [9.17, 15) is 24.3 Å². The maximum atomic E-state index is 13.3. The first-order valence-corrected chi connectivity index (χ1v) is 16.9. The van der Waals surface area contributed by atoms with E-state index in [1.807, 2.05) is 0 Å². The molecule has 0 saturated carbocycles. The third-order valence-electron chi connectivity index (χ3n) is 7.94. The van der Waals surface area contributed by atoms with Crippen LogP contribution in [0.1, 0.15) is 70.9 Å². The van der Waals surface area contributed by atoms with E-state index in [2.05, 4.69) is 17.5 Å². The lowest BCUT2D eigenvalue weighted by molar-refractivity contribution is -0.137. The molecule has 0 unspecified atom stereocenters. The quantitative estimate of drug-likeness (QED) is 0.0138. The lowest BCUT2D eigenvalue weighted by atomic mass is 10.1. The molecule has 52 heavy (non-hydrogen) atoms. The topological polar surface area (TPSA) is 186 Å². The van der Waals surface area contributed by atoms with Gasteiger partial charge >= 0.3 is 11.9 Å². The smallest absolute Gasteiger partial charge is 0.343 e. The number of esters is 1. The summed E-state index contributed by atoms with van der Waals surface area (Å²) in [7, 11) is 0. The Morgan fingerprint density at radius 3 is 2.02 bits per heavy atom. The number of rotatable bonds is 20. The summed E-state index contributed by atoms with van der Waals surface area (Å²) >= 11 is 0.